The van der Waals surface area contributed by atoms with Gasteiger partial charge < -0.3 is 14.2 Å². The Morgan fingerprint density at radius 1 is 0.593 bits per heavy atom. The monoisotopic (exact) mass is 1130 g/mol. The van der Waals surface area contributed by atoms with Crippen molar-refractivity contribution in [1.82, 2.24) is 0 Å². The standard InChI is InChI=1S/3C24H28O2Si/c2*1-5-6-7-10-16-14-26-15-21-19(16)13-20-17-11-8-9-12-18(17)23(25)22(20)24(21)27(2,3)4;1-5-6-7-8-13-19-26-20-14-9-10-15-22-16-11-12-17-23(22)24(25)18-21-27(2,3)4/h2*7-13,16H,5-6,14-15H2,1-4H3;8,11-13,16-17H,5-7,19-20H2,1-4H3/b10-7+;10-7-;13-8+. The van der Waals surface area contributed by atoms with Gasteiger partial charge in [-0.3, -0.25) is 14.4 Å². The van der Waals surface area contributed by atoms with E-state index in [1.165, 1.54) is 45.5 Å². The minimum atomic E-state index is -1.74. The summed E-state index contributed by atoms with van der Waals surface area (Å²) in [4.78, 5) is 38.9. The van der Waals surface area contributed by atoms with Gasteiger partial charge in [-0.1, -0.05) is 214 Å². The van der Waals surface area contributed by atoms with Crippen LogP contribution in [0.1, 0.15) is 148 Å². The zero-order valence-electron chi connectivity index (χ0n) is 50.3. The van der Waals surface area contributed by atoms with Gasteiger partial charge in [-0.15, -0.1) is 5.54 Å². The van der Waals surface area contributed by atoms with Crippen LogP contribution in [0.5, 0.6) is 0 Å². The van der Waals surface area contributed by atoms with Crippen LogP contribution in [0.3, 0.4) is 0 Å². The third kappa shape index (κ3) is 15.6. The van der Waals surface area contributed by atoms with Crippen LogP contribution in [0.4, 0.5) is 0 Å². The molecule has 2 heterocycles. The summed E-state index contributed by atoms with van der Waals surface area (Å²) in [6.07, 6.45) is 21.3. The number of benzene rings is 5. The molecule has 5 aromatic rings. The van der Waals surface area contributed by atoms with Crippen molar-refractivity contribution >= 4 is 51.9 Å². The molecule has 4 aliphatic rings. The first-order valence-electron chi connectivity index (χ1n) is 29.4. The summed E-state index contributed by atoms with van der Waals surface area (Å²) >= 11 is 0. The molecule has 9 heteroatoms. The van der Waals surface area contributed by atoms with Crippen LogP contribution in [0.25, 0.3) is 22.3 Å². The number of rotatable bonds is 15. The van der Waals surface area contributed by atoms with Crippen molar-refractivity contribution in [2.75, 3.05) is 26.4 Å². The van der Waals surface area contributed by atoms with E-state index in [9.17, 15) is 14.4 Å². The van der Waals surface area contributed by atoms with Gasteiger partial charge in [0, 0.05) is 45.2 Å². The van der Waals surface area contributed by atoms with Crippen LogP contribution >= 0.6 is 0 Å². The largest absolute Gasteiger partial charge is 0.376 e. The lowest BCUT2D eigenvalue weighted by molar-refractivity contribution is 0.101. The molecule has 0 radical (unpaired) electrons. The number of ketones is 3. The second-order valence-electron chi connectivity index (χ2n) is 24.5. The van der Waals surface area contributed by atoms with Crippen molar-refractivity contribution in [2.45, 2.75) is 150 Å². The van der Waals surface area contributed by atoms with E-state index in [0.717, 1.165) is 89.8 Å². The highest BCUT2D eigenvalue weighted by Gasteiger charge is 2.40. The highest BCUT2D eigenvalue weighted by Crippen LogP contribution is 2.43. The van der Waals surface area contributed by atoms with Crippen LogP contribution < -0.4 is 10.4 Å². The van der Waals surface area contributed by atoms with Gasteiger partial charge in [0.1, 0.15) is 14.7 Å². The first-order valence-corrected chi connectivity index (χ1v) is 39.9. The van der Waals surface area contributed by atoms with Crippen LogP contribution in [0.15, 0.2) is 121 Å². The third-order valence-corrected chi connectivity index (χ3v) is 19.7. The zero-order valence-corrected chi connectivity index (χ0v) is 53.3. The Kier molecular flexibility index (Phi) is 21.9. The van der Waals surface area contributed by atoms with Gasteiger partial charge in [0.05, 0.1) is 49.2 Å². The SMILES string of the molecule is CCC/C=C/C1COCc2c1cc1c(c2[Si](C)(C)C)C(=O)c2ccccc2-1.CCC/C=C\C1COCc2c1cc1c(c2[Si](C)(C)C)C(=O)c2ccccc2-1.CCCC/C=C/COCC#CC#Cc1ccccc1C(=O)C#C[Si](C)(C)C. The molecular weight excluding hydrogens is 1050 g/mol. The van der Waals surface area contributed by atoms with E-state index < -0.39 is 24.2 Å². The van der Waals surface area contributed by atoms with Crippen LogP contribution in [-0.4, -0.2) is 68.0 Å². The summed E-state index contributed by atoms with van der Waals surface area (Å²) in [5.41, 5.74) is 17.7. The second-order valence-corrected chi connectivity index (χ2v) is 39.2. The smallest absolute Gasteiger partial charge is 0.236 e. The average molecular weight is 1130 g/mol. The molecule has 9 rings (SSSR count). The maximum Gasteiger partial charge on any atom is 0.236 e. The summed E-state index contributed by atoms with van der Waals surface area (Å²) in [5, 5.41) is 2.62. The molecule has 2 aliphatic carbocycles. The molecule has 2 aliphatic heterocycles. The fourth-order valence-corrected chi connectivity index (χ4v) is 15.7. The lowest BCUT2D eigenvalue weighted by Gasteiger charge is -2.32. The Morgan fingerprint density at radius 2 is 1.09 bits per heavy atom. The summed E-state index contributed by atoms with van der Waals surface area (Å²) in [5.74, 6) is 14.9. The third-order valence-electron chi connectivity index (χ3n) is 14.7. The molecule has 0 saturated carbocycles. The topological polar surface area (TPSA) is 78.9 Å². The highest BCUT2D eigenvalue weighted by molar-refractivity contribution is 6.90. The van der Waals surface area contributed by atoms with Crippen LogP contribution in [0, 0.1) is 35.1 Å². The Labute approximate surface area is 488 Å². The molecule has 2 atom stereocenters. The Bertz CT molecular complexity index is 3260. The molecule has 0 N–H and O–H groups in total. The molecule has 0 aromatic heterocycles. The molecule has 420 valence electrons. The first kappa shape index (κ1) is 62.1. The summed E-state index contributed by atoms with van der Waals surface area (Å²) < 4.78 is 17.4. The molecule has 0 fully saturated rings. The Hall–Kier alpha value is -6.46. The second kappa shape index (κ2) is 28.5. The van der Waals surface area contributed by atoms with E-state index in [4.69, 9.17) is 14.2 Å². The molecule has 81 heavy (non-hydrogen) atoms. The van der Waals surface area contributed by atoms with E-state index in [-0.39, 0.29) is 29.2 Å². The number of hydrogen-bond donors (Lipinski definition) is 0. The number of ether oxygens (including phenoxy) is 3. The Morgan fingerprint density at radius 3 is 1.57 bits per heavy atom. The highest BCUT2D eigenvalue weighted by atomic mass is 28.3. The maximum atomic E-state index is 13.3. The van der Waals surface area contributed by atoms with Crippen molar-refractivity contribution in [3.05, 3.63) is 177 Å². The lowest BCUT2D eigenvalue weighted by atomic mass is 9.88. The molecular formula is C72H84O6Si3. The number of carbonyl (C=O) groups excluding carboxylic acids is 3. The van der Waals surface area contributed by atoms with Gasteiger partial charge in [0.25, 0.3) is 0 Å². The van der Waals surface area contributed by atoms with Crippen molar-refractivity contribution in [3.8, 4) is 57.4 Å². The first-order chi connectivity index (χ1) is 38.8. The van der Waals surface area contributed by atoms with E-state index >= 15 is 0 Å². The van der Waals surface area contributed by atoms with Crippen LogP contribution in [-0.2, 0) is 27.4 Å². The van der Waals surface area contributed by atoms with E-state index in [1.807, 2.05) is 60.7 Å². The van der Waals surface area contributed by atoms with Gasteiger partial charge in [-0.05, 0) is 116 Å². The number of allylic oxidation sites excluding steroid dienone is 3. The number of hydrogen-bond acceptors (Lipinski definition) is 6. The molecule has 6 nitrogen and oxygen atoms in total. The van der Waals surface area contributed by atoms with Crippen molar-refractivity contribution in [1.29, 1.82) is 0 Å². The number of Topliss-reactive ketones (excluding diaryl/α,β-unsaturated/α-hetero) is 1. The van der Waals surface area contributed by atoms with E-state index in [2.05, 4.69) is 169 Å². The maximum absolute atomic E-state index is 13.3. The summed E-state index contributed by atoms with van der Waals surface area (Å²) in [6.45, 7) is 30.6. The quantitative estimate of drug-likeness (QED) is 0.0335. The molecule has 2 unspecified atom stereocenters. The van der Waals surface area contributed by atoms with Gasteiger partial charge in [-0.2, -0.15) is 0 Å². The van der Waals surface area contributed by atoms with Crippen molar-refractivity contribution < 1.29 is 28.6 Å². The number of fused-ring (bicyclic) bond motifs is 8. The molecule has 0 amide bonds. The van der Waals surface area contributed by atoms with Crippen molar-refractivity contribution in [2.24, 2.45) is 0 Å². The van der Waals surface area contributed by atoms with E-state index in [1.54, 1.807) is 6.07 Å². The van der Waals surface area contributed by atoms with Gasteiger partial charge >= 0.3 is 0 Å². The van der Waals surface area contributed by atoms with Crippen LogP contribution in [0.2, 0.25) is 58.9 Å². The fourth-order valence-electron chi connectivity index (χ4n) is 11.0. The predicted molar refractivity (Wildman–Crippen MR) is 346 cm³/mol. The fraction of sp³-hybridized carbons (Fsp3) is 0.375. The Balaban J connectivity index is 0.000000175. The predicted octanol–water partition coefficient (Wildman–Crippen LogP) is 15.7. The summed E-state index contributed by atoms with van der Waals surface area (Å²) in [6, 6.07) is 28.0. The lowest BCUT2D eigenvalue weighted by Crippen LogP contribution is -2.45. The normalized spacial score (nSPS) is 15.8. The zero-order chi connectivity index (χ0) is 58.3. The molecule has 0 spiro atoms. The van der Waals surface area contributed by atoms with E-state index in [0.29, 0.717) is 37.6 Å². The molecule has 5 aromatic carbocycles. The van der Waals surface area contributed by atoms with Gasteiger partial charge in [-0.25, -0.2) is 0 Å². The summed E-state index contributed by atoms with van der Waals surface area (Å²) in [7, 11) is -5.07. The molecule has 0 saturated heterocycles. The average Bonchev–Trinajstić information content (AvgIpc) is 4.03. The number of carbonyl (C=O) groups is 3. The van der Waals surface area contributed by atoms with Gasteiger partial charge in [0.15, 0.2) is 11.6 Å². The minimum absolute atomic E-state index is 0.187. The van der Waals surface area contributed by atoms with Crippen molar-refractivity contribution in [3.63, 3.8) is 0 Å². The molecule has 0 bridgehead atoms. The van der Waals surface area contributed by atoms with Gasteiger partial charge in [0.2, 0.25) is 5.78 Å². The number of unbranched alkanes of at least 4 members (excludes halogenated alkanes) is 4. The minimum Gasteiger partial charge on any atom is -0.376 e.